The van der Waals surface area contributed by atoms with Gasteiger partial charge in [-0.1, -0.05) is 68.7 Å². The SMILES string of the molecule is CCCCCCSc1ccc([C@H]2N[C@@](Cc3ccccc3)(C(=O)OC)[C@H]3C(=O)N(C)C(=O)[C@@H]23)cc1. The predicted molar refractivity (Wildman–Crippen MR) is 137 cm³/mol. The molecule has 0 radical (unpaired) electrons. The number of ether oxygens (including phenoxy) is 1. The molecule has 0 unspecified atom stereocenters. The first-order chi connectivity index (χ1) is 16.9. The maximum Gasteiger partial charge on any atom is 0.327 e. The maximum atomic E-state index is 13.3. The van der Waals surface area contributed by atoms with Crippen LogP contribution in [0.3, 0.4) is 0 Å². The number of imide groups is 1. The van der Waals surface area contributed by atoms with Crippen LogP contribution in [0.2, 0.25) is 0 Å². The predicted octanol–water partition coefficient (Wildman–Crippen LogP) is 4.39. The first kappa shape index (κ1) is 25.5. The number of benzene rings is 2. The molecular weight excluding hydrogens is 460 g/mol. The number of amides is 2. The number of nitrogens with one attached hydrogen (secondary N) is 1. The van der Waals surface area contributed by atoms with Crippen molar-refractivity contribution in [3.63, 3.8) is 0 Å². The van der Waals surface area contributed by atoms with Crippen molar-refractivity contribution in [2.24, 2.45) is 11.8 Å². The molecule has 2 aromatic carbocycles. The van der Waals surface area contributed by atoms with Gasteiger partial charge in [-0.15, -0.1) is 11.8 Å². The molecule has 4 atom stereocenters. The minimum atomic E-state index is -1.32. The van der Waals surface area contributed by atoms with Gasteiger partial charge in [0.2, 0.25) is 11.8 Å². The van der Waals surface area contributed by atoms with Crippen molar-refractivity contribution in [2.75, 3.05) is 19.9 Å². The lowest BCUT2D eigenvalue weighted by Gasteiger charge is -2.32. The third-order valence-corrected chi connectivity index (χ3v) is 8.35. The van der Waals surface area contributed by atoms with E-state index in [0.29, 0.717) is 0 Å². The van der Waals surface area contributed by atoms with Gasteiger partial charge in [0.25, 0.3) is 0 Å². The minimum absolute atomic E-state index is 0.259. The highest BCUT2D eigenvalue weighted by atomic mass is 32.2. The first-order valence-corrected chi connectivity index (χ1v) is 13.4. The van der Waals surface area contributed by atoms with E-state index in [9.17, 15) is 14.4 Å². The second kappa shape index (κ2) is 11.0. The van der Waals surface area contributed by atoms with Crippen LogP contribution in [0.5, 0.6) is 0 Å². The third-order valence-electron chi connectivity index (χ3n) is 7.26. The first-order valence-electron chi connectivity index (χ1n) is 12.4. The Morgan fingerprint density at radius 2 is 1.74 bits per heavy atom. The van der Waals surface area contributed by atoms with Crippen LogP contribution >= 0.6 is 11.8 Å². The molecule has 2 aliphatic heterocycles. The molecule has 0 aromatic heterocycles. The number of nitrogens with zero attached hydrogens (tertiary/aromatic N) is 1. The molecule has 2 aromatic rings. The second-order valence-electron chi connectivity index (χ2n) is 9.46. The smallest absolute Gasteiger partial charge is 0.327 e. The highest BCUT2D eigenvalue weighted by molar-refractivity contribution is 7.99. The number of hydrogen-bond acceptors (Lipinski definition) is 6. The maximum absolute atomic E-state index is 13.3. The molecule has 0 spiro atoms. The van der Waals surface area contributed by atoms with Gasteiger partial charge in [-0.2, -0.15) is 0 Å². The van der Waals surface area contributed by atoms with Crippen LogP contribution in [-0.2, 0) is 25.5 Å². The summed E-state index contributed by atoms with van der Waals surface area (Å²) >= 11 is 1.83. The fourth-order valence-electron chi connectivity index (χ4n) is 5.45. The van der Waals surface area contributed by atoms with Gasteiger partial charge in [-0.3, -0.25) is 24.6 Å². The van der Waals surface area contributed by atoms with Gasteiger partial charge in [0, 0.05) is 24.4 Å². The molecule has 4 rings (SSSR count). The van der Waals surface area contributed by atoms with Crippen LogP contribution < -0.4 is 5.32 Å². The molecule has 2 heterocycles. The Morgan fingerprint density at radius 1 is 1.03 bits per heavy atom. The Morgan fingerprint density at radius 3 is 2.40 bits per heavy atom. The highest BCUT2D eigenvalue weighted by Gasteiger charge is 2.68. The molecule has 7 heteroatoms. The van der Waals surface area contributed by atoms with E-state index in [-0.39, 0.29) is 18.2 Å². The summed E-state index contributed by atoms with van der Waals surface area (Å²) in [6.45, 7) is 2.21. The number of esters is 1. The zero-order valence-corrected chi connectivity index (χ0v) is 21.5. The number of fused-ring (bicyclic) bond motifs is 1. The molecule has 2 amide bonds. The van der Waals surface area contributed by atoms with Crippen LogP contribution in [0, 0.1) is 11.8 Å². The van der Waals surface area contributed by atoms with Crippen molar-refractivity contribution in [2.45, 2.75) is 55.5 Å². The molecule has 1 N–H and O–H groups in total. The van der Waals surface area contributed by atoms with Gasteiger partial charge >= 0.3 is 5.97 Å². The van der Waals surface area contributed by atoms with E-state index >= 15 is 0 Å². The van der Waals surface area contributed by atoms with Crippen molar-refractivity contribution in [3.05, 3.63) is 65.7 Å². The summed E-state index contributed by atoms with van der Waals surface area (Å²) in [6, 6.07) is 17.2. The van der Waals surface area contributed by atoms with E-state index in [1.165, 1.54) is 49.6 Å². The second-order valence-corrected chi connectivity index (χ2v) is 10.6. The van der Waals surface area contributed by atoms with E-state index in [0.717, 1.165) is 16.9 Å². The number of hydrogen-bond donors (Lipinski definition) is 1. The van der Waals surface area contributed by atoms with Crippen LogP contribution in [0.25, 0.3) is 0 Å². The average molecular weight is 495 g/mol. The molecule has 186 valence electrons. The quantitative estimate of drug-likeness (QED) is 0.229. The lowest BCUT2D eigenvalue weighted by atomic mass is 9.76. The van der Waals surface area contributed by atoms with Crippen LogP contribution in [0.4, 0.5) is 0 Å². The number of likely N-dealkylation sites (tertiary alicyclic amines) is 1. The van der Waals surface area contributed by atoms with E-state index in [1.54, 1.807) is 0 Å². The van der Waals surface area contributed by atoms with Gasteiger partial charge in [-0.25, -0.2) is 0 Å². The number of carbonyl (C=O) groups excluding carboxylic acids is 3. The van der Waals surface area contributed by atoms with Gasteiger partial charge in [0.1, 0.15) is 5.54 Å². The van der Waals surface area contributed by atoms with E-state index in [1.807, 2.05) is 54.2 Å². The number of rotatable bonds is 10. The lowest BCUT2D eigenvalue weighted by Crippen LogP contribution is -2.57. The molecule has 6 nitrogen and oxygen atoms in total. The monoisotopic (exact) mass is 494 g/mol. The summed E-state index contributed by atoms with van der Waals surface area (Å²) < 4.78 is 5.23. The summed E-state index contributed by atoms with van der Waals surface area (Å²) in [4.78, 5) is 42.2. The Hall–Kier alpha value is -2.64. The summed E-state index contributed by atoms with van der Waals surface area (Å²) in [5.41, 5.74) is 0.468. The van der Waals surface area contributed by atoms with Crippen molar-refractivity contribution in [1.82, 2.24) is 10.2 Å². The summed E-state index contributed by atoms with van der Waals surface area (Å²) in [6.07, 6.45) is 5.19. The molecule has 2 fully saturated rings. The largest absolute Gasteiger partial charge is 0.468 e. The Kier molecular flexibility index (Phi) is 7.97. The van der Waals surface area contributed by atoms with Crippen LogP contribution in [0.15, 0.2) is 59.5 Å². The fraction of sp³-hybridized carbons (Fsp3) is 0.464. The summed E-state index contributed by atoms with van der Waals surface area (Å²) in [5.74, 6) is -1.53. The minimum Gasteiger partial charge on any atom is -0.468 e. The Labute approximate surface area is 211 Å². The van der Waals surface area contributed by atoms with Crippen molar-refractivity contribution < 1.29 is 19.1 Å². The van der Waals surface area contributed by atoms with Crippen LogP contribution in [-0.4, -0.2) is 48.1 Å². The summed E-state index contributed by atoms with van der Waals surface area (Å²) in [5, 5.41) is 3.44. The highest BCUT2D eigenvalue weighted by Crippen LogP contribution is 2.50. The molecule has 0 bridgehead atoms. The van der Waals surface area contributed by atoms with Gasteiger partial charge in [-0.05, 0) is 35.4 Å². The van der Waals surface area contributed by atoms with Crippen LogP contribution in [0.1, 0.15) is 49.8 Å². The van der Waals surface area contributed by atoms with Gasteiger partial charge in [0.15, 0.2) is 0 Å². The standard InChI is InChI=1S/C28H34N2O4S/c1-4-5-6-10-17-35-21-15-13-20(14-16-21)24-22-23(26(32)30(2)25(22)31)28(29-24,27(33)34-3)18-19-11-8-7-9-12-19/h7-9,11-16,22-24,29H,4-6,10,17-18H2,1-3H3/t22-,23-,24-,28-/m1/s1. The van der Waals surface area contributed by atoms with Crippen molar-refractivity contribution >= 4 is 29.5 Å². The fourth-order valence-corrected chi connectivity index (χ4v) is 6.36. The van der Waals surface area contributed by atoms with E-state index in [4.69, 9.17) is 4.74 Å². The lowest BCUT2D eigenvalue weighted by molar-refractivity contribution is -0.153. The Balaban J connectivity index is 1.63. The Bertz CT molecular complexity index is 1060. The number of methoxy groups -OCH3 is 1. The molecule has 2 aliphatic rings. The average Bonchev–Trinajstić information content (AvgIpc) is 3.34. The molecular formula is C28H34N2O4S. The molecule has 2 saturated heterocycles. The zero-order chi connectivity index (χ0) is 25.0. The number of unbranched alkanes of at least 4 members (excludes halogenated alkanes) is 3. The van der Waals surface area contributed by atoms with Gasteiger partial charge in [0.05, 0.1) is 18.9 Å². The molecule has 35 heavy (non-hydrogen) atoms. The molecule has 0 aliphatic carbocycles. The zero-order valence-electron chi connectivity index (χ0n) is 20.7. The van der Waals surface area contributed by atoms with E-state index in [2.05, 4.69) is 24.4 Å². The number of thioether (sulfide) groups is 1. The summed E-state index contributed by atoms with van der Waals surface area (Å²) in [7, 11) is 2.83. The number of carbonyl (C=O) groups is 3. The van der Waals surface area contributed by atoms with Gasteiger partial charge < -0.3 is 4.74 Å². The third kappa shape index (κ3) is 4.89. The topological polar surface area (TPSA) is 75.7 Å². The van der Waals surface area contributed by atoms with Crippen molar-refractivity contribution in [1.29, 1.82) is 0 Å². The molecule has 0 saturated carbocycles. The normalized spacial score (nSPS) is 25.7. The van der Waals surface area contributed by atoms with Crippen molar-refractivity contribution in [3.8, 4) is 0 Å². The van der Waals surface area contributed by atoms with E-state index < -0.39 is 29.4 Å².